The third-order valence-electron chi connectivity index (χ3n) is 4.70. The van der Waals surface area contributed by atoms with E-state index in [-0.39, 0.29) is 0 Å². The maximum Gasteiger partial charge on any atom is 0.120 e. The number of phenolic OH excluding ortho intramolecular Hbond substituents is 2. The molecular formula is C21H29NO2. The molecule has 3 nitrogen and oxygen atoms in total. The molecule has 0 aliphatic rings. The molecule has 0 radical (unpaired) electrons. The predicted molar refractivity (Wildman–Crippen MR) is 99.7 cm³/mol. The summed E-state index contributed by atoms with van der Waals surface area (Å²) in [7, 11) is 4.02. The van der Waals surface area contributed by atoms with Crippen LogP contribution in [0.4, 0.5) is 0 Å². The van der Waals surface area contributed by atoms with Gasteiger partial charge in [-0.15, -0.1) is 0 Å². The van der Waals surface area contributed by atoms with Crippen LogP contribution in [0.25, 0.3) is 0 Å². The molecule has 0 aromatic heterocycles. The van der Waals surface area contributed by atoms with Crippen molar-refractivity contribution in [1.82, 2.24) is 4.90 Å². The smallest absolute Gasteiger partial charge is 0.120 e. The summed E-state index contributed by atoms with van der Waals surface area (Å²) in [6.07, 6.45) is 2.07. The number of aromatic hydroxyl groups is 2. The Morgan fingerprint density at radius 3 is 1.92 bits per heavy atom. The van der Waals surface area contributed by atoms with E-state index in [1.165, 1.54) is 11.1 Å². The van der Waals surface area contributed by atoms with Crippen molar-refractivity contribution in [2.75, 3.05) is 14.1 Å². The molecule has 0 aliphatic heterocycles. The first-order valence-corrected chi connectivity index (χ1v) is 8.71. The highest BCUT2D eigenvalue weighted by Crippen LogP contribution is 2.39. The Morgan fingerprint density at radius 2 is 1.38 bits per heavy atom. The van der Waals surface area contributed by atoms with Crippen LogP contribution >= 0.6 is 0 Å². The Hall–Kier alpha value is -2.00. The van der Waals surface area contributed by atoms with Crippen LogP contribution in [0, 0.1) is 0 Å². The lowest BCUT2D eigenvalue weighted by atomic mass is 9.78. The number of phenols is 2. The molecule has 2 aromatic carbocycles. The molecule has 3 heteroatoms. The number of rotatable bonds is 7. The van der Waals surface area contributed by atoms with Crippen LogP contribution in [0.3, 0.4) is 0 Å². The van der Waals surface area contributed by atoms with E-state index < -0.39 is 0 Å². The molecule has 0 fully saturated rings. The Morgan fingerprint density at radius 1 is 0.833 bits per heavy atom. The van der Waals surface area contributed by atoms with Gasteiger partial charge in [0.25, 0.3) is 0 Å². The van der Waals surface area contributed by atoms with E-state index in [9.17, 15) is 10.2 Å². The molecule has 0 aliphatic carbocycles. The lowest BCUT2D eigenvalue weighted by Gasteiger charge is -2.27. The summed E-state index contributed by atoms with van der Waals surface area (Å²) in [5.74, 6) is 1.45. The lowest BCUT2D eigenvalue weighted by Crippen LogP contribution is -2.13. The van der Waals surface area contributed by atoms with Crippen LogP contribution in [0.1, 0.15) is 55.2 Å². The van der Waals surface area contributed by atoms with Crippen molar-refractivity contribution >= 4 is 0 Å². The van der Waals surface area contributed by atoms with Crippen molar-refractivity contribution in [2.45, 2.75) is 45.1 Å². The van der Waals surface area contributed by atoms with Crippen LogP contribution in [0.5, 0.6) is 11.5 Å². The summed E-state index contributed by atoms with van der Waals surface area (Å²) in [6, 6.07) is 13.6. The molecular weight excluding hydrogens is 298 g/mol. The topological polar surface area (TPSA) is 43.7 Å². The molecule has 24 heavy (non-hydrogen) atoms. The summed E-state index contributed by atoms with van der Waals surface area (Å²) < 4.78 is 0. The highest BCUT2D eigenvalue weighted by Gasteiger charge is 2.23. The Kier molecular flexibility index (Phi) is 6.27. The normalized spacial score (nSPS) is 13.9. The average Bonchev–Trinajstić information content (AvgIpc) is 2.55. The van der Waals surface area contributed by atoms with Gasteiger partial charge in [0.2, 0.25) is 0 Å². The van der Waals surface area contributed by atoms with Crippen molar-refractivity contribution < 1.29 is 10.2 Å². The fourth-order valence-corrected chi connectivity index (χ4v) is 3.53. The van der Waals surface area contributed by atoms with Crippen LogP contribution in [0.15, 0.2) is 42.5 Å². The van der Waals surface area contributed by atoms with E-state index in [2.05, 4.69) is 24.8 Å². The first-order chi connectivity index (χ1) is 11.5. The SMILES string of the molecule is CCC(c1ccc(O)cc1)C(CC)c1ccc(O)c(CN(C)C)c1. The maximum atomic E-state index is 10.1. The highest BCUT2D eigenvalue weighted by molar-refractivity contribution is 5.39. The van der Waals surface area contributed by atoms with Gasteiger partial charge in [-0.3, -0.25) is 0 Å². The Labute approximate surface area is 145 Å². The fraction of sp³-hybridized carbons (Fsp3) is 0.429. The molecule has 0 amide bonds. The van der Waals surface area contributed by atoms with Gasteiger partial charge in [-0.05, 0) is 68.1 Å². The first kappa shape index (κ1) is 18.3. The minimum absolute atomic E-state index is 0.305. The average molecular weight is 327 g/mol. The van der Waals surface area contributed by atoms with Gasteiger partial charge in [-0.1, -0.05) is 38.1 Å². The quantitative estimate of drug-likeness (QED) is 0.764. The summed E-state index contributed by atoms with van der Waals surface area (Å²) >= 11 is 0. The van der Waals surface area contributed by atoms with Crippen molar-refractivity contribution in [1.29, 1.82) is 0 Å². The fourth-order valence-electron chi connectivity index (χ4n) is 3.53. The standard InChI is InChI=1S/C21H29NO2/c1-5-19(15-7-10-18(23)11-8-15)20(6-2)16-9-12-21(24)17(13-16)14-22(3)4/h7-13,19-20,23-24H,5-6,14H2,1-4H3. The van der Waals surface area contributed by atoms with Gasteiger partial charge in [0.05, 0.1) is 0 Å². The molecule has 0 heterocycles. The van der Waals surface area contributed by atoms with Crippen LogP contribution in [-0.4, -0.2) is 29.2 Å². The van der Waals surface area contributed by atoms with Gasteiger partial charge in [-0.2, -0.15) is 0 Å². The number of benzene rings is 2. The second kappa shape index (κ2) is 8.20. The van der Waals surface area contributed by atoms with Gasteiger partial charge in [-0.25, -0.2) is 0 Å². The summed E-state index contributed by atoms with van der Waals surface area (Å²) in [6.45, 7) is 5.15. The number of hydrogen-bond donors (Lipinski definition) is 2. The predicted octanol–water partition coefficient (Wildman–Crippen LogP) is 4.85. The highest BCUT2D eigenvalue weighted by atomic mass is 16.3. The van der Waals surface area contributed by atoms with Gasteiger partial charge in [0.15, 0.2) is 0 Å². The van der Waals surface area contributed by atoms with Gasteiger partial charge < -0.3 is 15.1 Å². The minimum atomic E-state index is 0.305. The van der Waals surface area contributed by atoms with Crippen molar-refractivity contribution in [3.05, 3.63) is 59.2 Å². The summed E-state index contributed by atoms with van der Waals surface area (Å²) in [4.78, 5) is 2.07. The second-order valence-corrected chi connectivity index (χ2v) is 6.75. The zero-order chi connectivity index (χ0) is 17.7. The molecule has 0 spiro atoms. The summed E-state index contributed by atoms with van der Waals surface area (Å²) in [5.41, 5.74) is 3.49. The van der Waals surface area contributed by atoms with E-state index in [4.69, 9.17) is 0 Å². The summed E-state index contributed by atoms with van der Waals surface area (Å²) in [5, 5.41) is 19.7. The molecule has 2 aromatic rings. The Bertz CT molecular complexity index is 649. The zero-order valence-electron chi connectivity index (χ0n) is 15.2. The van der Waals surface area contributed by atoms with Crippen LogP contribution < -0.4 is 0 Å². The third kappa shape index (κ3) is 4.30. The maximum absolute atomic E-state index is 10.1. The van der Waals surface area contributed by atoms with Crippen molar-refractivity contribution in [2.24, 2.45) is 0 Å². The van der Waals surface area contributed by atoms with Gasteiger partial charge in [0.1, 0.15) is 11.5 Å². The molecule has 0 saturated heterocycles. The molecule has 2 N–H and O–H groups in total. The van der Waals surface area contributed by atoms with Crippen molar-refractivity contribution in [3.8, 4) is 11.5 Å². The van der Waals surface area contributed by atoms with Crippen LogP contribution in [0.2, 0.25) is 0 Å². The van der Waals surface area contributed by atoms with Gasteiger partial charge >= 0.3 is 0 Å². The Balaban J connectivity index is 2.36. The number of nitrogens with zero attached hydrogens (tertiary/aromatic N) is 1. The third-order valence-corrected chi connectivity index (χ3v) is 4.70. The number of hydrogen-bond acceptors (Lipinski definition) is 3. The van der Waals surface area contributed by atoms with Gasteiger partial charge in [0, 0.05) is 12.1 Å². The van der Waals surface area contributed by atoms with Crippen LogP contribution in [-0.2, 0) is 6.54 Å². The van der Waals surface area contributed by atoms with E-state index in [1.54, 1.807) is 12.1 Å². The minimum Gasteiger partial charge on any atom is -0.508 e. The molecule has 130 valence electrons. The lowest BCUT2D eigenvalue weighted by molar-refractivity contribution is 0.385. The van der Waals surface area contributed by atoms with E-state index in [1.807, 2.05) is 38.4 Å². The zero-order valence-corrected chi connectivity index (χ0v) is 15.2. The van der Waals surface area contributed by atoms with Crippen molar-refractivity contribution in [3.63, 3.8) is 0 Å². The molecule has 2 rings (SSSR count). The van der Waals surface area contributed by atoms with E-state index in [0.717, 1.165) is 24.9 Å². The molecule has 2 unspecified atom stereocenters. The largest absolute Gasteiger partial charge is 0.508 e. The molecule has 0 bridgehead atoms. The second-order valence-electron chi connectivity index (χ2n) is 6.75. The first-order valence-electron chi connectivity index (χ1n) is 8.71. The monoisotopic (exact) mass is 327 g/mol. The molecule has 2 atom stereocenters. The van der Waals surface area contributed by atoms with E-state index >= 15 is 0 Å². The molecule has 0 saturated carbocycles. The van der Waals surface area contributed by atoms with E-state index in [0.29, 0.717) is 23.3 Å².